The molecule has 150 valence electrons. The maximum Gasteiger partial charge on any atom is 0.236 e. The van der Waals surface area contributed by atoms with E-state index >= 15 is 0 Å². The smallest absolute Gasteiger partial charge is 0.236 e. The molecule has 3 rings (SSSR count). The Bertz CT molecular complexity index is 651. The van der Waals surface area contributed by atoms with Gasteiger partial charge in [-0.1, -0.05) is 18.5 Å². The van der Waals surface area contributed by atoms with Gasteiger partial charge in [-0.3, -0.25) is 4.79 Å². The van der Waals surface area contributed by atoms with Crippen LogP contribution in [0.5, 0.6) is 11.6 Å². The first kappa shape index (κ1) is 20.2. The van der Waals surface area contributed by atoms with Crippen molar-refractivity contribution in [2.75, 3.05) is 19.8 Å². The van der Waals surface area contributed by atoms with Crippen molar-refractivity contribution in [3.63, 3.8) is 0 Å². The van der Waals surface area contributed by atoms with E-state index in [1.807, 2.05) is 6.92 Å². The predicted molar refractivity (Wildman–Crippen MR) is 103 cm³/mol. The average Bonchev–Trinajstić information content (AvgIpc) is 3.28. The van der Waals surface area contributed by atoms with Crippen LogP contribution < -0.4 is 14.8 Å². The summed E-state index contributed by atoms with van der Waals surface area (Å²) in [5.41, 5.74) is 0. The summed E-state index contributed by atoms with van der Waals surface area (Å²) in [6.07, 6.45) is 5.01. The van der Waals surface area contributed by atoms with Crippen molar-refractivity contribution in [1.29, 1.82) is 0 Å². The molecule has 0 aliphatic heterocycles. The van der Waals surface area contributed by atoms with E-state index in [4.69, 9.17) is 25.8 Å². The topological polar surface area (TPSA) is 69.7 Å². The third-order valence-corrected chi connectivity index (χ3v) is 5.58. The Morgan fingerprint density at radius 1 is 1.33 bits per heavy atom. The molecule has 1 N–H and O–H groups in total. The Balaban J connectivity index is 1.35. The first-order valence-corrected chi connectivity index (χ1v) is 10.1. The summed E-state index contributed by atoms with van der Waals surface area (Å²) in [6.45, 7) is 7.48. The molecule has 3 atom stereocenters. The molecule has 0 bridgehead atoms. The van der Waals surface area contributed by atoms with Gasteiger partial charge in [-0.2, -0.15) is 0 Å². The molecule has 0 saturated heterocycles. The van der Waals surface area contributed by atoms with Crippen LogP contribution in [0.25, 0.3) is 0 Å². The maximum absolute atomic E-state index is 11.0. The molecular formula is C20H29ClN2O4. The van der Waals surface area contributed by atoms with E-state index in [0.29, 0.717) is 48.3 Å². The summed E-state index contributed by atoms with van der Waals surface area (Å²) in [4.78, 5) is 15.2. The summed E-state index contributed by atoms with van der Waals surface area (Å²) in [5, 5.41) is 3.26. The zero-order valence-electron chi connectivity index (χ0n) is 16.2. The van der Waals surface area contributed by atoms with E-state index in [-0.39, 0.29) is 18.1 Å². The van der Waals surface area contributed by atoms with E-state index in [1.165, 1.54) is 13.3 Å². The van der Waals surface area contributed by atoms with Gasteiger partial charge >= 0.3 is 0 Å². The van der Waals surface area contributed by atoms with Crippen molar-refractivity contribution in [3.8, 4) is 11.6 Å². The molecule has 1 aromatic rings. The molecule has 27 heavy (non-hydrogen) atoms. The lowest BCUT2D eigenvalue weighted by Crippen LogP contribution is -2.40. The third-order valence-electron chi connectivity index (χ3n) is 5.23. The molecule has 1 heterocycles. The number of pyridine rings is 1. The van der Waals surface area contributed by atoms with Gasteiger partial charge in [0.05, 0.1) is 25.9 Å². The maximum atomic E-state index is 11.0. The number of nitrogens with one attached hydrogen (secondary N) is 1. The normalized spacial score (nSPS) is 27.4. The minimum Gasteiger partial charge on any atom is -0.491 e. The third kappa shape index (κ3) is 5.98. The van der Waals surface area contributed by atoms with Gasteiger partial charge in [0.15, 0.2) is 0 Å². The van der Waals surface area contributed by atoms with Crippen molar-refractivity contribution in [2.45, 2.75) is 52.2 Å². The quantitative estimate of drug-likeness (QED) is 0.655. The summed E-state index contributed by atoms with van der Waals surface area (Å²) in [6, 6.07) is 1.81. The van der Waals surface area contributed by atoms with E-state index < -0.39 is 0 Å². The number of hydrogen-bond donors (Lipinski definition) is 1. The number of carbonyl (C=O) groups is 1. The molecule has 2 unspecified atom stereocenters. The van der Waals surface area contributed by atoms with E-state index in [2.05, 4.69) is 17.2 Å². The summed E-state index contributed by atoms with van der Waals surface area (Å²) in [7, 11) is 0. The van der Waals surface area contributed by atoms with Crippen LogP contribution in [0, 0.1) is 17.8 Å². The van der Waals surface area contributed by atoms with Crippen molar-refractivity contribution < 1.29 is 19.0 Å². The number of hydrogen-bond acceptors (Lipinski definition) is 5. The highest BCUT2D eigenvalue weighted by Crippen LogP contribution is 2.40. The highest BCUT2D eigenvalue weighted by atomic mass is 35.5. The van der Waals surface area contributed by atoms with Crippen LogP contribution in [0.4, 0.5) is 0 Å². The standard InChI is InChI=1S/C20H29ClN2O4/c1-12-6-16(12)11-26-18-4-5-22-20(19(18)21)27-10-15-7-17(8-15)25-9-13(2)23-14(3)24/h4-5,12-13,15-17H,6-11H2,1-3H3,(H,23,24)/t12?,13-,15?,16?,17?/m0/s1. The highest BCUT2D eigenvalue weighted by Gasteiger charge is 2.33. The molecule has 7 heteroatoms. The average molecular weight is 397 g/mol. The number of nitrogens with zero attached hydrogens (tertiary/aromatic N) is 1. The van der Waals surface area contributed by atoms with Crippen LogP contribution in [0.3, 0.4) is 0 Å². The fraction of sp³-hybridized carbons (Fsp3) is 0.700. The zero-order valence-corrected chi connectivity index (χ0v) is 17.0. The predicted octanol–water partition coefficient (Wildman–Crippen LogP) is 3.47. The summed E-state index contributed by atoms with van der Waals surface area (Å²) in [5.74, 6) is 2.86. The lowest BCUT2D eigenvalue weighted by Gasteiger charge is -2.35. The Morgan fingerprint density at radius 2 is 2.07 bits per heavy atom. The molecule has 0 aromatic carbocycles. The number of carbonyl (C=O) groups excluding carboxylic acids is 1. The van der Waals surface area contributed by atoms with Gasteiger partial charge < -0.3 is 19.5 Å². The zero-order chi connectivity index (χ0) is 19.4. The number of ether oxygens (including phenoxy) is 3. The van der Waals surface area contributed by atoms with Gasteiger partial charge in [0.25, 0.3) is 0 Å². The molecule has 6 nitrogen and oxygen atoms in total. The first-order valence-electron chi connectivity index (χ1n) is 9.71. The minimum atomic E-state index is -0.0341. The second-order valence-electron chi connectivity index (χ2n) is 7.92. The molecule has 2 aliphatic carbocycles. The number of aromatic nitrogens is 1. The van der Waals surface area contributed by atoms with Crippen LogP contribution >= 0.6 is 11.6 Å². The van der Waals surface area contributed by atoms with Crippen LogP contribution in [0.15, 0.2) is 12.3 Å². The first-order chi connectivity index (χ1) is 12.9. The van der Waals surface area contributed by atoms with Crippen molar-refractivity contribution in [2.24, 2.45) is 17.8 Å². The molecule has 1 amide bonds. The summed E-state index contributed by atoms with van der Waals surface area (Å²) >= 11 is 6.38. The Hall–Kier alpha value is -1.53. The lowest BCUT2D eigenvalue weighted by atomic mass is 9.83. The molecular weight excluding hydrogens is 368 g/mol. The van der Waals surface area contributed by atoms with Crippen LogP contribution in [-0.2, 0) is 9.53 Å². The van der Waals surface area contributed by atoms with E-state index in [1.54, 1.807) is 12.3 Å². The Kier molecular flexibility index (Phi) is 6.82. The Morgan fingerprint density at radius 3 is 2.74 bits per heavy atom. The van der Waals surface area contributed by atoms with Crippen LogP contribution in [0.2, 0.25) is 5.02 Å². The van der Waals surface area contributed by atoms with Gasteiger partial charge in [-0.15, -0.1) is 0 Å². The monoisotopic (exact) mass is 396 g/mol. The van der Waals surface area contributed by atoms with Crippen molar-refractivity contribution in [1.82, 2.24) is 10.3 Å². The lowest BCUT2D eigenvalue weighted by molar-refractivity contribution is -0.120. The van der Waals surface area contributed by atoms with Crippen molar-refractivity contribution >= 4 is 17.5 Å². The fourth-order valence-electron chi connectivity index (χ4n) is 3.26. The minimum absolute atomic E-state index is 0.0298. The molecule has 0 spiro atoms. The van der Waals surface area contributed by atoms with Gasteiger partial charge in [0.2, 0.25) is 11.8 Å². The molecule has 2 saturated carbocycles. The number of halogens is 1. The largest absolute Gasteiger partial charge is 0.491 e. The van der Waals surface area contributed by atoms with Gasteiger partial charge in [-0.05, 0) is 43.9 Å². The SMILES string of the molecule is CC(=O)N[C@@H](C)COC1CC(COc2nccc(OCC3CC3C)c2Cl)C1. The highest BCUT2D eigenvalue weighted by molar-refractivity contribution is 6.33. The van der Waals surface area contributed by atoms with Gasteiger partial charge in [0, 0.05) is 25.2 Å². The van der Waals surface area contributed by atoms with E-state index in [9.17, 15) is 4.79 Å². The number of rotatable bonds is 10. The summed E-state index contributed by atoms with van der Waals surface area (Å²) < 4.78 is 17.4. The van der Waals surface area contributed by atoms with Gasteiger partial charge in [-0.25, -0.2) is 4.98 Å². The number of amides is 1. The molecule has 0 radical (unpaired) electrons. The second kappa shape index (κ2) is 9.11. The molecule has 2 aliphatic rings. The van der Waals surface area contributed by atoms with Crippen LogP contribution in [0.1, 0.15) is 40.0 Å². The van der Waals surface area contributed by atoms with Crippen LogP contribution in [-0.4, -0.2) is 42.9 Å². The molecule has 2 fully saturated rings. The van der Waals surface area contributed by atoms with Crippen molar-refractivity contribution in [3.05, 3.63) is 17.3 Å². The van der Waals surface area contributed by atoms with E-state index in [0.717, 1.165) is 18.8 Å². The second-order valence-corrected chi connectivity index (χ2v) is 8.30. The molecule has 1 aromatic heterocycles. The fourth-order valence-corrected chi connectivity index (χ4v) is 3.48. The van der Waals surface area contributed by atoms with Gasteiger partial charge in [0.1, 0.15) is 10.8 Å². The Labute approximate surface area is 165 Å².